The standard InChI is InChI=1S/C21H25NO2S/c1-3-24-18-10-12-19(13-11-18)25-15-21(23)22-14-4-5-20(22)17-8-6-16(2)7-9-17/h6-13,20H,3-5,14-15H2,1-2H3. The predicted molar refractivity (Wildman–Crippen MR) is 103 cm³/mol. The highest BCUT2D eigenvalue weighted by Crippen LogP contribution is 2.33. The summed E-state index contributed by atoms with van der Waals surface area (Å²) in [4.78, 5) is 15.9. The molecule has 0 radical (unpaired) electrons. The summed E-state index contributed by atoms with van der Waals surface area (Å²) in [5, 5.41) is 0. The van der Waals surface area contributed by atoms with Gasteiger partial charge < -0.3 is 9.64 Å². The second-order valence-corrected chi connectivity index (χ2v) is 7.40. The van der Waals surface area contributed by atoms with Crippen molar-refractivity contribution in [1.82, 2.24) is 4.90 Å². The number of ether oxygens (including phenoxy) is 1. The minimum atomic E-state index is 0.224. The Labute approximate surface area is 154 Å². The molecule has 0 aliphatic carbocycles. The van der Waals surface area contributed by atoms with Crippen LogP contribution in [0.2, 0.25) is 0 Å². The van der Waals surface area contributed by atoms with Crippen molar-refractivity contribution in [2.24, 2.45) is 0 Å². The Morgan fingerprint density at radius 2 is 1.88 bits per heavy atom. The van der Waals surface area contributed by atoms with Crippen molar-refractivity contribution in [2.75, 3.05) is 18.9 Å². The molecule has 0 saturated carbocycles. The Balaban J connectivity index is 1.59. The summed E-state index contributed by atoms with van der Waals surface area (Å²) in [5.41, 5.74) is 2.51. The Kier molecular flexibility index (Phi) is 6.03. The van der Waals surface area contributed by atoms with Crippen LogP contribution < -0.4 is 4.74 Å². The van der Waals surface area contributed by atoms with Crippen molar-refractivity contribution in [1.29, 1.82) is 0 Å². The molecule has 1 aliphatic rings. The van der Waals surface area contributed by atoms with Gasteiger partial charge in [-0.05, 0) is 56.5 Å². The lowest BCUT2D eigenvalue weighted by atomic mass is 10.0. The number of hydrogen-bond acceptors (Lipinski definition) is 3. The maximum Gasteiger partial charge on any atom is 0.233 e. The van der Waals surface area contributed by atoms with E-state index < -0.39 is 0 Å². The Hall–Kier alpha value is -1.94. The average Bonchev–Trinajstić information content (AvgIpc) is 3.11. The Morgan fingerprint density at radius 1 is 1.16 bits per heavy atom. The molecular formula is C21H25NO2S. The Morgan fingerprint density at radius 3 is 2.56 bits per heavy atom. The molecule has 1 saturated heterocycles. The van der Waals surface area contributed by atoms with E-state index >= 15 is 0 Å². The third kappa shape index (κ3) is 4.57. The fraction of sp³-hybridized carbons (Fsp3) is 0.381. The van der Waals surface area contributed by atoms with Gasteiger partial charge in [-0.15, -0.1) is 11.8 Å². The first-order valence-electron chi connectivity index (χ1n) is 8.89. The summed E-state index contributed by atoms with van der Waals surface area (Å²) in [5.74, 6) is 1.58. The number of thioether (sulfide) groups is 1. The third-order valence-corrected chi connectivity index (χ3v) is 5.53. The van der Waals surface area contributed by atoms with E-state index in [1.165, 1.54) is 11.1 Å². The third-order valence-electron chi connectivity index (χ3n) is 4.53. The topological polar surface area (TPSA) is 29.5 Å². The van der Waals surface area contributed by atoms with Gasteiger partial charge in [0.1, 0.15) is 5.75 Å². The molecule has 3 rings (SSSR count). The lowest BCUT2D eigenvalue weighted by Crippen LogP contribution is -2.31. The number of amides is 1. The van der Waals surface area contributed by atoms with Gasteiger partial charge in [0.05, 0.1) is 18.4 Å². The number of hydrogen-bond donors (Lipinski definition) is 0. The van der Waals surface area contributed by atoms with Gasteiger partial charge in [-0.1, -0.05) is 29.8 Å². The molecule has 132 valence electrons. The first-order chi connectivity index (χ1) is 12.2. The van der Waals surface area contributed by atoms with E-state index in [0.29, 0.717) is 12.4 Å². The molecular weight excluding hydrogens is 330 g/mol. The lowest BCUT2D eigenvalue weighted by molar-refractivity contribution is -0.129. The van der Waals surface area contributed by atoms with Gasteiger partial charge in [0.15, 0.2) is 0 Å². The lowest BCUT2D eigenvalue weighted by Gasteiger charge is -2.25. The van der Waals surface area contributed by atoms with Crippen LogP contribution in [0.25, 0.3) is 0 Å². The van der Waals surface area contributed by atoms with Crippen LogP contribution in [0.5, 0.6) is 5.75 Å². The summed E-state index contributed by atoms with van der Waals surface area (Å²) < 4.78 is 5.45. The monoisotopic (exact) mass is 355 g/mol. The fourth-order valence-corrected chi connectivity index (χ4v) is 4.01. The number of benzene rings is 2. The molecule has 3 nitrogen and oxygen atoms in total. The van der Waals surface area contributed by atoms with Crippen molar-refractivity contribution in [3.05, 3.63) is 59.7 Å². The van der Waals surface area contributed by atoms with Crippen molar-refractivity contribution in [3.8, 4) is 5.75 Å². The average molecular weight is 356 g/mol. The van der Waals surface area contributed by atoms with E-state index in [1.54, 1.807) is 11.8 Å². The van der Waals surface area contributed by atoms with E-state index in [0.717, 1.165) is 30.0 Å². The number of nitrogens with zero attached hydrogens (tertiary/aromatic N) is 1. The second kappa shape index (κ2) is 8.43. The number of likely N-dealkylation sites (tertiary alicyclic amines) is 1. The minimum absolute atomic E-state index is 0.224. The first kappa shape index (κ1) is 17.9. The smallest absolute Gasteiger partial charge is 0.233 e. The summed E-state index contributed by atoms with van der Waals surface area (Å²) >= 11 is 1.60. The van der Waals surface area contributed by atoms with Gasteiger partial charge in [-0.3, -0.25) is 4.79 Å². The van der Waals surface area contributed by atoms with Crippen molar-refractivity contribution < 1.29 is 9.53 Å². The molecule has 25 heavy (non-hydrogen) atoms. The molecule has 1 atom stereocenters. The van der Waals surface area contributed by atoms with Gasteiger partial charge in [0.25, 0.3) is 0 Å². The second-order valence-electron chi connectivity index (χ2n) is 6.35. The van der Waals surface area contributed by atoms with Crippen LogP contribution in [0.15, 0.2) is 53.4 Å². The maximum absolute atomic E-state index is 12.7. The van der Waals surface area contributed by atoms with Gasteiger partial charge in [0.2, 0.25) is 5.91 Å². The van der Waals surface area contributed by atoms with Crippen LogP contribution >= 0.6 is 11.8 Å². The van der Waals surface area contributed by atoms with Gasteiger partial charge in [-0.2, -0.15) is 0 Å². The number of aryl methyl sites for hydroxylation is 1. The highest BCUT2D eigenvalue weighted by atomic mass is 32.2. The fourth-order valence-electron chi connectivity index (χ4n) is 3.23. The predicted octanol–water partition coefficient (Wildman–Crippen LogP) is 4.85. The van der Waals surface area contributed by atoms with Gasteiger partial charge >= 0.3 is 0 Å². The van der Waals surface area contributed by atoms with E-state index in [2.05, 4.69) is 31.2 Å². The van der Waals surface area contributed by atoms with Crippen LogP contribution in [-0.4, -0.2) is 29.7 Å². The summed E-state index contributed by atoms with van der Waals surface area (Å²) in [6.45, 7) is 5.60. The summed E-state index contributed by atoms with van der Waals surface area (Å²) in [6.07, 6.45) is 2.14. The van der Waals surface area contributed by atoms with Crippen LogP contribution in [0.1, 0.15) is 36.9 Å². The molecule has 2 aromatic carbocycles. The van der Waals surface area contributed by atoms with Gasteiger partial charge in [0, 0.05) is 11.4 Å². The summed E-state index contributed by atoms with van der Waals surface area (Å²) in [7, 11) is 0. The van der Waals surface area contributed by atoms with Crippen molar-refractivity contribution in [3.63, 3.8) is 0 Å². The molecule has 4 heteroatoms. The molecule has 1 aliphatic heterocycles. The highest BCUT2D eigenvalue weighted by Gasteiger charge is 2.29. The Bertz CT molecular complexity index is 697. The van der Waals surface area contributed by atoms with Crippen LogP contribution in [0.3, 0.4) is 0 Å². The molecule has 0 bridgehead atoms. The van der Waals surface area contributed by atoms with Gasteiger partial charge in [-0.25, -0.2) is 0 Å². The molecule has 0 spiro atoms. The van der Waals surface area contributed by atoms with E-state index in [9.17, 15) is 4.79 Å². The molecule has 1 heterocycles. The van der Waals surface area contributed by atoms with Crippen molar-refractivity contribution in [2.45, 2.75) is 37.6 Å². The summed E-state index contributed by atoms with van der Waals surface area (Å²) in [6, 6.07) is 16.8. The van der Waals surface area contributed by atoms with E-state index in [1.807, 2.05) is 36.1 Å². The van der Waals surface area contributed by atoms with E-state index in [-0.39, 0.29) is 11.9 Å². The minimum Gasteiger partial charge on any atom is -0.494 e. The maximum atomic E-state index is 12.7. The molecule has 1 amide bonds. The normalized spacial score (nSPS) is 16.9. The molecule has 1 unspecified atom stereocenters. The first-order valence-corrected chi connectivity index (χ1v) is 9.87. The quantitative estimate of drug-likeness (QED) is 0.694. The molecule has 1 fully saturated rings. The highest BCUT2D eigenvalue weighted by molar-refractivity contribution is 8.00. The van der Waals surface area contributed by atoms with E-state index in [4.69, 9.17) is 4.74 Å². The molecule has 2 aromatic rings. The largest absolute Gasteiger partial charge is 0.494 e. The van der Waals surface area contributed by atoms with Crippen LogP contribution in [0.4, 0.5) is 0 Å². The van der Waals surface area contributed by atoms with Crippen LogP contribution in [-0.2, 0) is 4.79 Å². The zero-order valence-electron chi connectivity index (χ0n) is 14.9. The van der Waals surface area contributed by atoms with Crippen LogP contribution in [0, 0.1) is 6.92 Å². The zero-order chi connectivity index (χ0) is 17.6. The number of carbonyl (C=O) groups is 1. The van der Waals surface area contributed by atoms with Crippen molar-refractivity contribution >= 4 is 17.7 Å². The zero-order valence-corrected chi connectivity index (χ0v) is 15.7. The number of rotatable bonds is 6. The molecule has 0 N–H and O–H groups in total. The SMILES string of the molecule is CCOc1ccc(SCC(=O)N2CCCC2c2ccc(C)cc2)cc1. The number of carbonyl (C=O) groups excluding carboxylic acids is 1. The molecule has 0 aromatic heterocycles.